The topological polar surface area (TPSA) is 66.6 Å². The van der Waals surface area contributed by atoms with E-state index in [-0.39, 0.29) is 23.8 Å². The van der Waals surface area contributed by atoms with Crippen LogP contribution in [-0.4, -0.2) is 42.4 Å². The highest BCUT2D eigenvalue weighted by Crippen LogP contribution is 2.29. The lowest BCUT2D eigenvalue weighted by Crippen LogP contribution is -2.50. The number of likely N-dealkylation sites (tertiary alicyclic amines) is 1. The smallest absolute Gasteiger partial charge is 0.244 e. The van der Waals surface area contributed by atoms with Gasteiger partial charge in [0.15, 0.2) is 0 Å². The zero-order chi connectivity index (χ0) is 15.7. The third-order valence-corrected chi connectivity index (χ3v) is 4.99. The van der Waals surface area contributed by atoms with Crippen molar-refractivity contribution < 1.29 is 9.59 Å². The number of hydrogen-bond acceptors (Lipinski definition) is 3. The van der Waals surface area contributed by atoms with Crippen molar-refractivity contribution in [3.05, 3.63) is 29.8 Å². The van der Waals surface area contributed by atoms with E-state index in [1.54, 1.807) is 0 Å². The maximum atomic E-state index is 12.8. The molecule has 0 unspecified atom stereocenters. The first-order valence-corrected chi connectivity index (χ1v) is 8.00. The van der Waals surface area contributed by atoms with Gasteiger partial charge in [0.25, 0.3) is 0 Å². The fourth-order valence-corrected chi connectivity index (χ4v) is 3.52. The normalized spacial score (nSPS) is 20.7. The second-order valence-corrected chi connectivity index (χ2v) is 6.26. The molecule has 0 saturated carbocycles. The largest absolute Gasteiger partial charge is 0.369 e. The number of amides is 2. The van der Waals surface area contributed by atoms with Gasteiger partial charge in [-0.2, -0.15) is 0 Å². The van der Waals surface area contributed by atoms with Crippen LogP contribution in [0.15, 0.2) is 24.3 Å². The van der Waals surface area contributed by atoms with Gasteiger partial charge in [0, 0.05) is 18.2 Å². The van der Waals surface area contributed by atoms with Crippen molar-refractivity contribution >= 4 is 17.5 Å². The van der Waals surface area contributed by atoms with Crippen molar-refractivity contribution in [3.8, 4) is 0 Å². The molecule has 2 heterocycles. The first-order valence-electron chi connectivity index (χ1n) is 8.00. The molecule has 2 aliphatic rings. The van der Waals surface area contributed by atoms with Gasteiger partial charge in [-0.15, -0.1) is 0 Å². The third-order valence-electron chi connectivity index (χ3n) is 4.99. The van der Waals surface area contributed by atoms with Gasteiger partial charge >= 0.3 is 0 Å². The second-order valence-electron chi connectivity index (χ2n) is 6.26. The van der Waals surface area contributed by atoms with Crippen LogP contribution in [0.4, 0.5) is 5.69 Å². The van der Waals surface area contributed by atoms with Crippen LogP contribution in [0.25, 0.3) is 0 Å². The average Bonchev–Trinajstić information content (AvgIpc) is 2.97. The van der Waals surface area contributed by atoms with Gasteiger partial charge in [0.05, 0.1) is 6.04 Å². The van der Waals surface area contributed by atoms with Crippen molar-refractivity contribution in [2.24, 2.45) is 11.7 Å². The molecule has 0 aliphatic carbocycles. The van der Waals surface area contributed by atoms with Crippen molar-refractivity contribution in [1.82, 2.24) is 4.90 Å². The van der Waals surface area contributed by atoms with Gasteiger partial charge in [-0.1, -0.05) is 18.2 Å². The van der Waals surface area contributed by atoms with Gasteiger partial charge < -0.3 is 10.6 Å². The monoisotopic (exact) mass is 301 g/mol. The summed E-state index contributed by atoms with van der Waals surface area (Å²) in [5.74, 6) is -0.0966. The first kappa shape index (κ1) is 15.0. The van der Waals surface area contributed by atoms with Crippen molar-refractivity contribution in [1.29, 1.82) is 0 Å². The molecular weight excluding hydrogens is 278 g/mol. The predicted molar refractivity (Wildman–Crippen MR) is 85.5 cm³/mol. The van der Waals surface area contributed by atoms with Crippen LogP contribution in [-0.2, 0) is 16.0 Å². The van der Waals surface area contributed by atoms with E-state index < -0.39 is 0 Å². The Bertz CT molecular complexity index is 579. The fraction of sp³-hybridized carbons (Fsp3) is 0.529. The Labute approximate surface area is 131 Å². The SMILES string of the molecule is C[C@@H](C(=O)N1CCc2ccccc21)N1CCC(C(N)=O)CC1. The third kappa shape index (κ3) is 2.73. The summed E-state index contributed by atoms with van der Waals surface area (Å²) < 4.78 is 0. The summed E-state index contributed by atoms with van der Waals surface area (Å²) in [6, 6.07) is 7.95. The van der Waals surface area contributed by atoms with Crippen LogP contribution in [0, 0.1) is 5.92 Å². The molecule has 2 aliphatic heterocycles. The number of rotatable bonds is 3. The summed E-state index contributed by atoms with van der Waals surface area (Å²) in [6.45, 7) is 4.25. The molecule has 5 heteroatoms. The molecule has 1 atom stereocenters. The Hall–Kier alpha value is -1.88. The maximum absolute atomic E-state index is 12.8. The minimum atomic E-state index is -0.216. The van der Waals surface area contributed by atoms with E-state index >= 15 is 0 Å². The van der Waals surface area contributed by atoms with Crippen LogP contribution >= 0.6 is 0 Å². The number of para-hydroxylation sites is 1. The molecule has 22 heavy (non-hydrogen) atoms. The summed E-state index contributed by atoms with van der Waals surface area (Å²) in [5, 5.41) is 0. The van der Waals surface area contributed by atoms with E-state index in [0.717, 1.165) is 44.6 Å². The summed E-state index contributed by atoms with van der Waals surface area (Å²) in [7, 11) is 0. The summed E-state index contributed by atoms with van der Waals surface area (Å²) in [4.78, 5) is 28.1. The number of carbonyl (C=O) groups excluding carboxylic acids is 2. The quantitative estimate of drug-likeness (QED) is 0.911. The molecule has 0 spiro atoms. The Morgan fingerprint density at radius 2 is 1.86 bits per heavy atom. The molecule has 2 N–H and O–H groups in total. The molecule has 0 bridgehead atoms. The molecule has 0 radical (unpaired) electrons. The molecular formula is C17H23N3O2. The average molecular weight is 301 g/mol. The van der Waals surface area contributed by atoms with Crippen LogP contribution in [0.5, 0.6) is 0 Å². The highest BCUT2D eigenvalue weighted by molar-refractivity contribution is 5.98. The predicted octanol–water partition coefficient (Wildman–Crippen LogP) is 1.16. The van der Waals surface area contributed by atoms with Gasteiger partial charge in [-0.05, 0) is 50.9 Å². The van der Waals surface area contributed by atoms with Crippen LogP contribution in [0.1, 0.15) is 25.3 Å². The number of hydrogen-bond donors (Lipinski definition) is 1. The van der Waals surface area contributed by atoms with E-state index in [1.165, 1.54) is 5.56 Å². The lowest BCUT2D eigenvalue weighted by atomic mass is 9.95. The van der Waals surface area contributed by atoms with E-state index in [2.05, 4.69) is 11.0 Å². The lowest BCUT2D eigenvalue weighted by Gasteiger charge is -2.35. The van der Waals surface area contributed by atoms with Crippen LogP contribution in [0.2, 0.25) is 0 Å². The van der Waals surface area contributed by atoms with E-state index in [9.17, 15) is 9.59 Å². The molecule has 1 aromatic rings. The van der Waals surface area contributed by atoms with Crippen molar-refractivity contribution in [3.63, 3.8) is 0 Å². The number of benzene rings is 1. The van der Waals surface area contributed by atoms with Crippen molar-refractivity contribution in [2.75, 3.05) is 24.5 Å². The lowest BCUT2D eigenvalue weighted by molar-refractivity contribution is -0.125. The molecule has 1 aromatic carbocycles. The Balaban J connectivity index is 1.65. The Morgan fingerprint density at radius 3 is 2.55 bits per heavy atom. The molecule has 5 nitrogen and oxygen atoms in total. The van der Waals surface area contributed by atoms with Crippen LogP contribution in [0.3, 0.4) is 0 Å². The van der Waals surface area contributed by atoms with E-state index in [0.29, 0.717) is 0 Å². The fourth-order valence-electron chi connectivity index (χ4n) is 3.52. The highest BCUT2D eigenvalue weighted by Gasteiger charge is 2.33. The van der Waals surface area contributed by atoms with Gasteiger partial charge in [0.2, 0.25) is 11.8 Å². The van der Waals surface area contributed by atoms with Crippen molar-refractivity contribution in [2.45, 2.75) is 32.2 Å². The molecule has 2 amide bonds. The number of primary amides is 1. The van der Waals surface area contributed by atoms with Crippen LogP contribution < -0.4 is 10.6 Å². The van der Waals surface area contributed by atoms with E-state index in [1.807, 2.05) is 30.0 Å². The van der Waals surface area contributed by atoms with Gasteiger partial charge in [-0.3, -0.25) is 14.5 Å². The number of carbonyl (C=O) groups is 2. The highest BCUT2D eigenvalue weighted by atomic mass is 16.2. The van der Waals surface area contributed by atoms with E-state index in [4.69, 9.17) is 5.73 Å². The number of anilines is 1. The maximum Gasteiger partial charge on any atom is 0.244 e. The minimum Gasteiger partial charge on any atom is -0.369 e. The Morgan fingerprint density at radius 1 is 1.18 bits per heavy atom. The number of fused-ring (bicyclic) bond motifs is 1. The standard InChI is InChI=1S/C17H23N3O2/c1-12(19-9-6-14(7-10-19)16(18)21)17(22)20-11-8-13-4-2-3-5-15(13)20/h2-5,12,14H,6-11H2,1H3,(H2,18,21)/t12-/m0/s1. The number of nitrogens with two attached hydrogens (primary N) is 1. The zero-order valence-corrected chi connectivity index (χ0v) is 13.0. The number of nitrogens with zero attached hydrogens (tertiary/aromatic N) is 2. The second kappa shape index (κ2) is 6.08. The summed E-state index contributed by atoms with van der Waals surface area (Å²) in [5.41, 5.74) is 7.66. The molecule has 3 rings (SSSR count). The molecule has 118 valence electrons. The first-order chi connectivity index (χ1) is 10.6. The summed E-state index contributed by atoms with van der Waals surface area (Å²) in [6.07, 6.45) is 2.44. The van der Waals surface area contributed by atoms with Gasteiger partial charge in [-0.25, -0.2) is 0 Å². The summed E-state index contributed by atoms with van der Waals surface area (Å²) >= 11 is 0. The zero-order valence-electron chi connectivity index (χ0n) is 13.0. The molecule has 0 aromatic heterocycles. The van der Waals surface area contributed by atoms with Gasteiger partial charge in [0.1, 0.15) is 0 Å². The molecule has 1 fully saturated rings. The Kier molecular flexibility index (Phi) is 4.16. The number of piperidine rings is 1. The minimum absolute atomic E-state index is 0.0361. The molecule has 1 saturated heterocycles.